The third-order valence-electron chi connectivity index (χ3n) is 2.60. The number of aromatic hydroxyl groups is 1. The van der Waals surface area contributed by atoms with E-state index in [-0.39, 0.29) is 5.75 Å². The third kappa shape index (κ3) is 6.38. The number of ether oxygens (including phenoxy) is 1. The van der Waals surface area contributed by atoms with Gasteiger partial charge in [0.1, 0.15) is 5.75 Å². The molecule has 4 heteroatoms. The average molecular weight is 316 g/mol. The van der Waals surface area contributed by atoms with Crippen LogP contribution in [0.25, 0.3) is 0 Å². The van der Waals surface area contributed by atoms with Crippen LogP contribution in [-0.4, -0.2) is 24.9 Å². The van der Waals surface area contributed by atoms with E-state index in [1.54, 1.807) is 6.07 Å². The van der Waals surface area contributed by atoms with E-state index in [9.17, 15) is 5.11 Å². The van der Waals surface area contributed by atoms with Crippen molar-refractivity contribution in [3.63, 3.8) is 0 Å². The standard InChI is InChI=1S/C14H22BrNO2/c1-11(2)5-7-18-8-6-16-10-12-3-4-14(17)13(15)9-12/h3-4,9,11,16-17H,5-8,10H2,1-2H3. The Hall–Kier alpha value is -0.580. The first kappa shape index (κ1) is 15.5. The first-order valence-corrected chi connectivity index (χ1v) is 7.14. The normalized spacial score (nSPS) is 11.1. The van der Waals surface area contributed by atoms with Gasteiger partial charge in [-0.2, -0.15) is 0 Å². The molecular weight excluding hydrogens is 294 g/mol. The summed E-state index contributed by atoms with van der Waals surface area (Å²) in [5.41, 5.74) is 1.14. The van der Waals surface area contributed by atoms with Crippen molar-refractivity contribution in [2.24, 2.45) is 5.92 Å². The van der Waals surface area contributed by atoms with Gasteiger partial charge < -0.3 is 15.2 Å². The second-order valence-corrected chi connectivity index (χ2v) is 5.61. The van der Waals surface area contributed by atoms with Gasteiger partial charge in [-0.05, 0) is 46.0 Å². The van der Waals surface area contributed by atoms with Crippen LogP contribution in [0.1, 0.15) is 25.8 Å². The Morgan fingerprint density at radius 3 is 2.78 bits per heavy atom. The lowest BCUT2D eigenvalue weighted by molar-refractivity contribution is 0.125. The summed E-state index contributed by atoms with van der Waals surface area (Å²) >= 11 is 3.30. The topological polar surface area (TPSA) is 41.5 Å². The van der Waals surface area contributed by atoms with Gasteiger partial charge in [-0.15, -0.1) is 0 Å². The number of nitrogens with one attached hydrogen (secondary N) is 1. The summed E-state index contributed by atoms with van der Waals surface area (Å²) in [6, 6.07) is 5.52. The second kappa shape index (κ2) is 8.51. The lowest BCUT2D eigenvalue weighted by Crippen LogP contribution is -2.19. The summed E-state index contributed by atoms with van der Waals surface area (Å²) in [6.07, 6.45) is 1.12. The monoisotopic (exact) mass is 315 g/mol. The van der Waals surface area contributed by atoms with Gasteiger partial charge >= 0.3 is 0 Å². The number of benzene rings is 1. The maximum absolute atomic E-state index is 9.37. The van der Waals surface area contributed by atoms with Gasteiger partial charge in [0.2, 0.25) is 0 Å². The molecule has 0 bridgehead atoms. The van der Waals surface area contributed by atoms with Crippen LogP contribution in [0.4, 0.5) is 0 Å². The van der Waals surface area contributed by atoms with Crippen LogP contribution in [0, 0.1) is 5.92 Å². The maximum atomic E-state index is 9.37. The predicted molar refractivity (Wildman–Crippen MR) is 77.8 cm³/mol. The van der Waals surface area contributed by atoms with E-state index in [1.807, 2.05) is 12.1 Å². The van der Waals surface area contributed by atoms with Crippen molar-refractivity contribution in [1.29, 1.82) is 0 Å². The molecule has 0 aliphatic rings. The Balaban J connectivity index is 2.09. The van der Waals surface area contributed by atoms with Crippen LogP contribution in [0.2, 0.25) is 0 Å². The maximum Gasteiger partial charge on any atom is 0.129 e. The van der Waals surface area contributed by atoms with E-state index in [0.29, 0.717) is 5.92 Å². The fourth-order valence-electron chi connectivity index (χ4n) is 1.46. The molecule has 0 atom stereocenters. The quantitative estimate of drug-likeness (QED) is 0.723. The van der Waals surface area contributed by atoms with Crippen molar-refractivity contribution in [3.05, 3.63) is 28.2 Å². The summed E-state index contributed by atoms with van der Waals surface area (Å²) in [6.45, 7) is 7.60. The van der Waals surface area contributed by atoms with Crippen molar-refractivity contribution in [2.75, 3.05) is 19.8 Å². The molecule has 1 aromatic rings. The van der Waals surface area contributed by atoms with E-state index in [0.717, 1.165) is 42.8 Å². The molecule has 0 spiro atoms. The van der Waals surface area contributed by atoms with Crippen molar-refractivity contribution < 1.29 is 9.84 Å². The van der Waals surface area contributed by atoms with E-state index < -0.39 is 0 Å². The highest BCUT2D eigenvalue weighted by molar-refractivity contribution is 9.10. The Morgan fingerprint density at radius 1 is 1.33 bits per heavy atom. The van der Waals surface area contributed by atoms with Crippen molar-refractivity contribution in [1.82, 2.24) is 5.32 Å². The zero-order chi connectivity index (χ0) is 13.4. The van der Waals surface area contributed by atoms with Gasteiger partial charge in [0.15, 0.2) is 0 Å². The SMILES string of the molecule is CC(C)CCOCCNCc1ccc(O)c(Br)c1. The molecule has 0 saturated heterocycles. The second-order valence-electron chi connectivity index (χ2n) is 4.76. The first-order chi connectivity index (χ1) is 8.59. The van der Waals surface area contributed by atoms with Crippen LogP contribution >= 0.6 is 15.9 Å². The Kier molecular flexibility index (Phi) is 7.32. The molecule has 18 heavy (non-hydrogen) atoms. The van der Waals surface area contributed by atoms with Gasteiger partial charge in [-0.1, -0.05) is 19.9 Å². The summed E-state index contributed by atoms with van der Waals surface area (Å²) in [5.74, 6) is 0.975. The van der Waals surface area contributed by atoms with Gasteiger partial charge in [0.25, 0.3) is 0 Å². The minimum absolute atomic E-state index is 0.274. The molecule has 3 nitrogen and oxygen atoms in total. The molecule has 1 rings (SSSR count). The van der Waals surface area contributed by atoms with E-state index in [1.165, 1.54) is 0 Å². The minimum atomic E-state index is 0.274. The molecule has 1 aromatic carbocycles. The molecule has 0 unspecified atom stereocenters. The number of halogens is 1. The van der Waals surface area contributed by atoms with Gasteiger partial charge in [0, 0.05) is 19.7 Å². The zero-order valence-electron chi connectivity index (χ0n) is 11.1. The third-order valence-corrected chi connectivity index (χ3v) is 3.24. The first-order valence-electron chi connectivity index (χ1n) is 6.35. The van der Waals surface area contributed by atoms with Crippen LogP contribution in [0.3, 0.4) is 0 Å². The zero-order valence-corrected chi connectivity index (χ0v) is 12.7. The molecule has 0 aliphatic carbocycles. The van der Waals surface area contributed by atoms with Crippen LogP contribution in [0.5, 0.6) is 5.75 Å². The van der Waals surface area contributed by atoms with Crippen molar-refractivity contribution >= 4 is 15.9 Å². The predicted octanol–water partition coefficient (Wildman–Crippen LogP) is 3.31. The van der Waals surface area contributed by atoms with Crippen LogP contribution < -0.4 is 5.32 Å². The minimum Gasteiger partial charge on any atom is -0.507 e. The lowest BCUT2D eigenvalue weighted by Gasteiger charge is -2.08. The summed E-state index contributed by atoms with van der Waals surface area (Å²) in [4.78, 5) is 0. The molecular formula is C14H22BrNO2. The van der Waals surface area contributed by atoms with E-state index >= 15 is 0 Å². The lowest BCUT2D eigenvalue weighted by atomic mass is 10.1. The largest absolute Gasteiger partial charge is 0.507 e. The Labute approximate surface area is 118 Å². The smallest absolute Gasteiger partial charge is 0.129 e. The fourth-order valence-corrected chi connectivity index (χ4v) is 1.88. The number of hydrogen-bond donors (Lipinski definition) is 2. The molecule has 2 N–H and O–H groups in total. The molecule has 0 saturated carbocycles. The van der Waals surface area contributed by atoms with Crippen LogP contribution in [0.15, 0.2) is 22.7 Å². The number of rotatable bonds is 8. The molecule has 0 aromatic heterocycles. The highest BCUT2D eigenvalue weighted by Gasteiger charge is 1.99. The summed E-state index contributed by atoms with van der Waals surface area (Å²) in [5, 5.41) is 12.7. The highest BCUT2D eigenvalue weighted by atomic mass is 79.9. The number of phenols is 1. The molecule has 102 valence electrons. The molecule has 0 radical (unpaired) electrons. The Morgan fingerprint density at radius 2 is 2.11 bits per heavy atom. The number of phenolic OH excluding ortho intramolecular Hbond substituents is 1. The molecule has 0 heterocycles. The Bertz CT molecular complexity index is 356. The average Bonchev–Trinajstić information content (AvgIpc) is 2.32. The van der Waals surface area contributed by atoms with Gasteiger partial charge in [-0.25, -0.2) is 0 Å². The van der Waals surface area contributed by atoms with Crippen molar-refractivity contribution in [3.8, 4) is 5.75 Å². The molecule has 0 aliphatic heterocycles. The van der Waals surface area contributed by atoms with E-state index in [2.05, 4.69) is 35.1 Å². The van der Waals surface area contributed by atoms with Gasteiger partial charge in [-0.3, -0.25) is 0 Å². The summed E-state index contributed by atoms with van der Waals surface area (Å²) < 4.78 is 6.24. The number of hydrogen-bond acceptors (Lipinski definition) is 3. The fraction of sp³-hybridized carbons (Fsp3) is 0.571. The summed E-state index contributed by atoms with van der Waals surface area (Å²) in [7, 11) is 0. The van der Waals surface area contributed by atoms with Crippen LogP contribution in [-0.2, 0) is 11.3 Å². The molecule has 0 amide bonds. The van der Waals surface area contributed by atoms with Gasteiger partial charge in [0.05, 0.1) is 11.1 Å². The molecule has 0 fully saturated rings. The highest BCUT2D eigenvalue weighted by Crippen LogP contribution is 2.23. The van der Waals surface area contributed by atoms with E-state index in [4.69, 9.17) is 4.74 Å². The van der Waals surface area contributed by atoms with Crippen molar-refractivity contribution in [2.45, 2.75) is 26.8 Å².